The summed E-state index contributed by atoms with van der Waals surface area (Å²) in [6.45, 7) is 6.85. The predicted octanol–water partition coefficient (Wildman–Crippen LogP) is 6.70. The van der Waals surface area contributed by atoms with E-state index in [0.29, 0.717) is 29.0 Å². The van der Waals surface area contributed by atoms with E-state index in [1.807, 2.05) is 24.3 Å². The van der Waals surface area contributed by atoms with Crippen LogP contribution in [0.4, 0.5) is 0 Å². The quantitative estimate of drug-likeness (QED) is 0.192. The van der Waals surface area contributed by atoms with Gasteiger partial charge in [-0.1, -0.05) is 0 Å². The molecular formula is C49H65N5O7. The standard InChI is InChI=1S/C26H35N3O3.C23H30N2O4/c1-16(25(30)27-20-6-7-20)28(2)26(31)19-5-9-24-22(15-19)21-14-18(4-8-23(21)29(24)3)17-10-12-32-13-11-17;1-14(23(27)28)24(2)22(26)17-5-7-21-19(13-17)18-12-16(4-6-20(18)25(21)3)15-8-10-29-11-9-15/h5,9,15-18,20H,4,6-8,10-14H2,1-3H3,(H,27,30);5,7,13-16H,4,6,8-12H2,1-3H3,(H,27,28)/t16-,18?;14-,16?/m11/s1. The highest BCUT2D eigenvalue weighted by Gasteiger charge is 2.34. The van der Waals surface area contributed by atoms with Gasteiger partial charge in [-0.2, -0.15) is 0 Å². The van der Waals surface area contributed by atoms with Crippen LogP contribution >= 0.6 is 0 Å². The molecule has 4 heterocycles. The van der Waals surface area contributed by atoms with E-state index in [4.69, 9.17) is 9.47 Å². The largest absolute Gasteiger partial charge is 0.480 e. The lowest BCUT2D eigenvalue weighted by atomic mass is 9.75. The Morgan fingerprint density at radius 3 is 1.48 bits per heavy atom. The number of hydrogen-bond donors (Lipinski definition) is 2. The molecule has 2 aliphatic heterocycles. The second-order valence-electron chi connectivity index (χ2n) is 18.6. The number of carbonyl (C=O) groups excluding carboxylic acids is 3. The monoisotopic (exact) mass is 835 g/mol. The summed E-state index contributed by atoms with van der Waals surface area (Å²) < 4.78 is 15.7. The maximum absolute atomic E-state index is 13.2. The van der Waals surface area contributed by atoms with Crippen LogP contribution in [0.5, 0.6) is 0 Å². The van der Waals surface area contributed by atoms with Crippen LogP contribution in [0, 0.1) is 23.7 Å². The second kappa shape index (κ2) is 18.0. The molecule has 3 aliphatic carbocycles. The highest BCUT2D eigenvalue weighted by Crippen LogP contribution is 2.41. The molecule has 328 valence electrons. The Kier molecular flexibility index (Phi) is 12.7. The number of aliphatic carboxylic acids is 1. The van der Waals surface area contributed by atoms with Crippen LogP contribution in [0.2, 0.25) is 0 Å². The summed E-state index contributed by atoms with van der Waals surface area (Å²) in [5.74, 6) is 1.42. The first-order valence-corrected chi connectivity index (χ1v) is 22.8. The third-order valence-corrected chi connectivity index (χ3v) is 15.1. The third-order valence-electron chi connectivity index (χ3n) is 15.1. The first kappa shape index (κ1) is 43.0. The van der Waals surface area contributed by atoms with Crippen LogP contribution in [-0.2, 0) is 58.8 Å². The molecule has 2 aromatic carbocycles. The zero-order valence-electron chi connectivity index (χ0n) is 37.0. The summed E-state index contributed by atoms with van der Waals surface area (Å²) in [5.41, 5.74) is 9.13. The zero-order valence-corrected chi connectivity index (χ0v) is 37.0. The normalized spacial score (nSPS) is 21.7. The molecule has 3 fully saturated rings. The van der Waals surface area contributed by atoms with Crippen molar-refractivity contribution in [1.29, 1.82) is 0 Å². The van der Waals surface area contributed by atoms with E-state index in [1.54, 1.807) is 25.9 Å². The Bertz CT molecular complexity index is 2290. The molecule has 0 radical (unpaired) electrons. The molecule has 2 saturated heterocycles. The van der Waals surface area contributed by atoms with Gasteiger partial charge in [0.15, 0.2) is 0 Å². The fourth-order valence-electron chi connectivity index (χ4n) is 10.7. The number of fused-ring (bicyclic) bond motifs is 6. The van der Waals surface area contributed by atoms with E-state index in [9.17, 15) is 24.3 Å². The Morgan fingerprint density at radius 2 is 1.07 bits per heavy atom. The second-order valence-corrected chi connectivity index (χ2v) is 18.6. The molecule has 1 saturated carbocycles. The van der Waals surface area contributed by atoms with Crippen LogP contribution < -0.4 is 5.32 Å². The fraction of sp³-hybridized carbons (Fsp3) is 0.592. The van der Waals surface area contributed by atoms with Crippen molar-refractivity contribution in [3.8, 4) is 0 Å². The molecule has 4 atom stereocenters. The number of amides is 3. The molecule has 61 heavy (non-hydrogen) atoms. The maximum Gasteiger partial charge on any atom is 0.326 e. The van der Waals surface area contributed by atoms with Crippen LogP contribution in [0.25, 0.3) is 21.8 Å². The first-order chi connectivity index (χ1) is 29.3. The van der Waals surface area contributed by atoms with E-state index < -0.39 is 18.1 Å². The van der Waals surface area contributed by atoms with Gasteiger partial charge in [0.1, 0.15) is 12.1 Å². The van der Waals surface area contributed by atoms with Crippen LogP contribution in [0.3, 0.4) is 0 Å². The summed E-state index contributed by atoms with van der Waals surface area (Å²) in [6.07, 6.45) is 13.5. The van der Waals surface area contributed by atoms with E-state index >= 15 is 0 Å². The van der Waals surface area contributed by atoms with Gasteiger partial charge in [0.05, 0.1) is 0 Å². The number of rotatable bonds is 9. The zero-order chi connectivity index (χ0) is 43.1. The number of likely N-dealkylation sites (N-methyl/N-ethyl adjacent to an activating group) is 2. The highest BCUT2D eigenvalue weighted by molar-refractivity contribution is 6.02. The van der Waals surface area contributed by atoms with Crippen molar-refractivity contribution >= 4 is 45.5 Å². The van der Waals surface area contributed by atoms with Crippen molar-refractivity contribution in [3.05, 3.63) is 70.0 Å². The van der Waals surface area contributed by atoms with Crippen molar-refractivity contribution in [3.63, 3.8) is 0 Å². The minimum atomic E-state index is -1.00. The number of hydrogen-bond acceptors (Lipinski definition) is 6. The summed E-state index contributed by atoms with van der Waals surface area (Å²) >= 11 is 0. The molecule has 5 aliphatic rings. The lowest BCUT2D eigenvalue weighted by Crippen LogP contribution is -2.46. The smallest absolute Gasteiger partial charge is 0.326 e. The first-order valence-electron chi connectivity index (χ1n) is 22.8. The lowest BCUT2D eigenvalue weighted by Gasteiger charge is -2.33. The number of nitrogens with zero attached hydrogens (tertiary/aromatic N) is 4. The average molecular weight is 836 g/mol. The van der Waals surface area contributed by atoms with Gasteiger partial charge < -0.3 is 38.8 Å². The molecular weight excluding hydrogens is 771 g/mol. The number of ether oxygens (including phenoxy) is 2. The Labute approximate surface area is 359 Å². The predicted molar refractivity (Wildman–Crippen MR) is 236 cm³/mol. The van der Waals surface area contributed by atoms with Crippen molar-refractivity contribution in [1.82, 2.24) is 24.3 Å². The summed E-state index contributed by atoms with van der Waals surface area (Å²) in [4.78, 5) is 52.7. The average Bonchev–Trinajstić information content (AvgIpc) is 4.02. The van der Waals surface area contributed by atoms with Gasteiger partial charge in [-0.05, 0) is 162 Å². The molecule has 2 N–H and O–H groups in total. The number of benzene rings is 2. The topological polar surface area (TPSA) is 135 Å². The van der Waals surface area contributed by atoms with Gasteiger partial charge in [-0.15, -0.1) is 0 Å². The highest BCUT2D eigenvalue weighted by atomic mass is 16.5. The number of carbonyl (C=O) groups is 4. The van der Waals surface area contributed by atoms with Crippen LogP contribution in [0.15, 0.2) is 36.4 Å². The van der Waals surface area contributed by atoms with Gasteiger partial charge in [0.2, 0.25) is 5.91 Å². The van der Waals surface area contributed by atoms with E-state index in [-0.39, 0.29) is 17.7 Å². The molecule has 12 heteroatoms. The SMILES string of the molecule is C[C@H](C(=O)NC1CC1)N(C)C(=O)c1ccc2c(c1)c1c(n2C)CCC(C2CCOCC2)C1.C[C@H](C(=O)O)N(C)C(=O)c1ccc2c(c1)c1c(n2C)CCC(C2CCOCC2)C1. The molecule has 12 nitrogen and oxygen atoms in total. The molecule has 2 aromatic heterocycles. The number of aromatic nitrogens is 2. The Balaban J connectivity index is 0.000000169. The van der Waals surface area contributed by atoms with Crippen molar-refractivity contribution in [2.24, 2.45) is 37.8 Å². The maximum atomic E-state index is 13.2. The van der Waals surface area contributed by atoms with E-state index in [2.05, 4.69) is 40.7 Å². The van der Waals surface area contributed by atoms with Gasteiger partial charge >= 0.3 is 5.97 Å². The molecule has 9 rings (SSSR count). The summed E-state index contributed by atoms with van der Waals surface area (Å²) in [6, 6.07) is 10.8. The van der Waals surface area contributed by atoms with E-state index in [1.165, 1.54) is 70.9 Å². The molecule has 2 unspecified atom stereocenters. The third kappa shape index (κ3) is 8.72. The minimum Gasteiger partial charge on any atom is -0.480 e. The van der Waals surface area contributed by atoms with Crippen molar-refractivity contribution in [2.75, 3.05) is 40.5 Å². The van der Waals surface area contributed by atoms with Gasteiger partial charge in [0.25, 0.3) is 11.8 Å². The summed E-state index contributed by atoms with van der Waals surface area (Å²) in [5, 5.41) is 14.6. The van der Waals surface area contributed by atoms with Crippen LogP contribution in [0.1, 0.15) is 108 Å². The molecule has 0 spiro atoms. The molecule has 3 amide bonds. The summed E-state index contributed by atoms with van der Waals surface area (Å²) in [7, 11) is 7.53. The Hall–Kier alpha value is -4.68. The number of carboxylic acid groups (broad SMARTS) is 1. The van der Waals surface area contributed by atoms with Crippen molar-refractivity contribution < 1.29 is 33.8 Å². The van der Waals surface area contributed by atoms with Gasteiger partial charge in [-0.3, -0.25) is 14.4 Å². The van der Waals surface area contributed by atoms with Crippen molar-refractivity contribution in [2.45, 2.75) is 109 Å². The number of carboxylic acids is 1. The lowest BCUT2D eigenvalue weighted by molar-refractivity contribution is -0.141. The van der Waals surface area contributed by atoms with Gasteiger partial charge in [0, 0.05) is 105 Å². The molecule has 4 aromatic rings. The minimum absolute atomic E-state index is 0.0687. The van der Waals surface area contributed by atoms with Gasteiger partial charge in [-0.25, -0.2) is 4.79 Å². The Morgan fingerprint density at radius 1 is 0.639 bits per heavy atom. The fourth-order valence-corrected chi connectivity index (χ4v) is 10.7. The number of nitrogens with one attached hydrogen (secondary N) is 1. The van der Waals surface area contributed by atoms with Crippen LogP contribution in [-0.4, -0.2) is 106 Å². The number of aryl methyl sites for hydroxylation is 2. The van der Waals surface area contributed by atoms with E-state index in [0.717, 1.165) is 101 Å². The molecule has 0 bridgehead atoms.